The van der Waals surface area contributed by atoms with Gasteiger partial charge in [0.05, 0.1) is 0 Å². The monoisotopic (exact) mass is 843 g/mol. The fourth-order valence-corrected chi connectivity index (χ4v) is 10.9. The highest BCUT2D eigenvalue weighted by molar-refractivity contribution is 5.94. The van der Waals surface area contributed by atoms with Crippen molar-refractivity contribution in [1.29, 1.82) is 0 Å². The average molecular weight is 844 g/mol. The summed E-state index contributed by atoms with van der Waals surface area (Å²) in [6, 6.07) is 89.6. The summed E-state index contributed by atoms with van der Waals surface area (Å²) in [6.45, 7) is 4.74. The Balaban J connectivity index is 0.895. The summed E-state index contributed by atoms with van der Waals surface area (Å²) in [6.07, 6.45) is 1.01. The van der Waals surface area contributed by atoms with E-state index in [-0.39, 0.29) is 5.41 Å². The van der Waals surface area contributed by atoms with Crippen molar-refractivity contribution in [1.82, 2.24) is 0 Å². The Bertz CT molecular complexity index is 3370. The van der Waals surface area contributed by atoms with E-state index in [1.54, 1.807) is 0 Å². The van der Waals surface area contributed by atoms with Crippen LogP contribution in [0.15, 0.2) is 243 Å². The Morgan fingerprint density at radius 2 is 0.833 bits per heavy atom. The van der Waals surface area contributed by atoms with Gasteiger partial charge in [0.15, 0.2) is 0 Å². The third kappa shape index (κ3) is 6.87. The summed E-state index contributed by atoms with van der Waals surface area (Å²) in [7, 11) is 0. The van der Waals surface area contributed by atoms with Gasteiger partial charge in [0.25, 0.3) is 0 Å². The Morgan fingerprint density at radius 3 is 1.47 bits per heavy atom. The summed E-state index contributed by atoms with van der Waals surface area (Å²) in [5.74, 6) is 0.334. The predicted octanol–water partition coefficient (Wildman–Crippen LogP) is 17.5. The van der Waals surface area contributed by atoms with E-state index in [9.17, 15) is 0 Å². The smallest absolute Gasteiger partial charge is 0.0462 e. The minimum absolute atomic E-state index is 0.117. The van der Waals surface area contributed by atoms with Gasteiger partial charge in [-0.05, 0) is 150 Å². The molecule has 2 aliphatic rings. The van der Waals surface area contributed by atoms with Crippen LogP contribution in [0, 0.1) is 0 Å². The van der Waals surface area contributed by atoms with Gasteiger partial charge < -0.3 is 4.90 Å². The van der Waals surface area contributed by atoms with Crippen LogP contribution in [0.2, 0.25) is 0 Å². The molecule has 2 aliphatic carbocycles. The first-order valence-corrected chi connectivity index (χ1v) is 23.3. The third-order valence-electron chi connectivity index (χ3n) is 14.3. The lowest BCUT2D eigenvalue weighted by molar-refractivity contribution is 0.660. The molecule has 0 N–H and O–H groups in total. The van der Waals surface area contributed by atoms with Crippen LogP contribution >= 0.6 is 0 Å². The summed E-state index contributed by atoms with van der Waals surface area (Å²) in [5, 5.41) is 0. The van der Waals surface area contributed by atoms with Gasteiger partial charge in [0.2, 0.25) is 0 Å². The van der Waals surface area contributed by atoms with Crippen molar-refractivity contribution in [3.63, 3.8) is 0 Å². The Labute approximate surface area is 389 Å². The third-order valence-corrected chi connectivity index (χ3v) is 14.3. The van der Waals surface area contributed by atoms with E-state index in [0.29, 0.717) is 5.92 Å². The maximum atomic E-state index is 2.43. The molecule has 0 radical (unpaired) electrons. The van der Waals surface area contributed by atoms with Crippen molar-refractivity contribution >= 4 is 17.1 Å². The lowest BCUT2D eigenvalue weighted by Crippen LogP contribution is -2.15. The molecule has 0 bridgehead atoms. The molecule has 0 amide bonds. The van der Waals surface area contributed by atoms with Gasteiger partial charge in [0.1, 0.15) is 0 Å². The normalized spacial score (nSPS) is 14.1. The minimum Gasteiger partial charge on any atom is -0.311 e. The van der Waals surface area contributed by atoms with Crippen LogP contribution in [0.25, 0.3) is 66.8 Å². The molecule has 314 valence electrons. The molecule has 0 aromatic heterocycles. The Kier molecular flexibility index (Phi) is 9.72. The zero-order valence-corrected chi connectivity index (χ0v) is 37.3. The first-order valence-electron chi connectivity index (χ1n) is 23.3. The van der Waals surface area contributed by atoms with E-state index >= 15 is 0 Å². The average Bonchev–Trinajstić information content (AvgIpc) is 3.62. The molecule has 1 atom stereocenters. The number of fused-ring (bicyclic) bond motifs is 6. The fraction of sp³-hybridized carbons (Fsp3) is 0.0769. The summed E-state index contributed by atoms with van der Waals surface area (Å²) in [5.41, 5.74) is 25.4. The Hall–Kier alpha value is -8.00. The van der Waals surface area contributed by atoms with Gasteiger partial charge in [0, 0.05) is 28.4 Å². The van der Waals surface area contributed by atoms with E-state index in [4.69, 9.17) is 0 Å². The second kappa shape index (κ2) is 16.2. The molecule has 10 aromatic rings. The highest BCUT2D eigenvalue weighted by atomic mass is 15.1. The van der Waals surface area contributed by atoms with Gasteiger partial charge in [-0.3, -0.25) is 0 Å². The van der Waals surface area contributed by atoms with E-state index in [0.717, 1.165) is 23.5 Å². The van der Waals surface area contributed by atoms with Crippen molar-refractivity contribution in [2.24, 2.45) is 0 Å². The first kappa shape index (κ1) is 39.6. The molecule has 1 heteroatoms. The van der Waals surface area contributed by atoms with Crippen LogP contribution in [-0.4, -0.2) is 0 Å². The molecule has 0 aliphatic heterocycles. The lowest BCUT2D eigenvalue weighted by Gasteiger charge is -2.29. The predicted molar refractivity (Wildman–Crippen MR) is 278 cm³/mol. The molecule has 10 aromatic carbocycles. The van der Waals surface area contributed by atoms with Crippen molar-refractivity contribution in [3.8, 4) is 66.8 Å². The topological polar surface area (TPSA) is 3.24 Å². The maximum Gasteiger partial charge on any atom is 0.0462 e. The van der Waals surface area contributed by atoms with E-state index < -0.39 is 0 Å². The summed E-state index contributed by atoms with van der Waals surface area (Å²) >= 11 is 0. The van der Waals surface area contributed by atoms with Crippen molar-refractivity contribution in [3.05, 3.63) is 270 Å². The standard InChI is InChI=1S/C65H49N/c1-65(2)62-24-14-23-57(48-17-8-4-9-18-48)64(62)59-40-32-51(43-63(59)65)47-29-37-55(38-30-47)66(53-33-25-45(26-34-53)44-15-6-3-7-16-44)54-35-27-46(28-36-54)50-31-39-58-60(49-19-10-5-11-20-49)42-52-21-12-13-22-56(52)61(58)41-50/h3-41,43,60H,42H2,1-2H3. The SMILES string of the molecule is CC1(C)c2cc(-c3ccc(N(c4ccc(-c5ccccc5)cc4)c4ccc(-c5ccc6c(c5)-c5ccccc5CC6c5ccccc5)cc4)cc3)ccc2-c2c(-c3ccccc3)cccc21. The largest absolute Gasteiger partial charge is 0.311 e. The quantitative estimate of drug-likeness (QED) is 0.147. The molecule has 0 fully saturated rings. The number of anilines is 3. The number of hydrogen-bond acceptors (Lipinski definition) is 1. The molecule has 66 heavy (non-hydrogen) atoms. The number of benzene rings is 10. The molecular formula is C65H49N. The highest BCUT2D eigenvalue weighted by Gasteiger charge is 2.37. The van der Waals surface area contributed by atoms with Gasteiger partial charge in [-0.1, -0.05) is 208 Å². The number of nitrogens with zero attached hydrogens (tertiary/aromatic N) is 1. The molecule has 1 nitrogen and oxygen atoms in total. The molecule has 0 saturated heterocycles. The second-order valence-corrected chi connectivity index (χ2v) is 18.4. The lowest BCUT2D eigenvalue weighted by atomic mass is 9.75. The summed E-state index contributed by atoms with van der Waals surface area (Å²) in [4.78, 5) is 2.38. The Morgan fingerprint density at radius 1 is 0.348 bits per heavy atom. The molecule has 1 unspecified atom stereocenters. The fourth-order valence-electron chi connectivity index (χ4n) is 10.9. The molecular weight excluding hydrogens is 795 g/mol. The molecule has 0 saturated carbocycles. The van der Waals surface area contributed by atoms with Crippen LogP contribution in [0.5, 0.6) is 0 Å². The van der Waals surface area contributed by atoms with Crippen LogP contribution in [0.3, 0.4) is 0 Å². The summed E-state index contributed by atoms with van der Waals surface area (Å²) < 4.78 is 0. The van der Waals surface area contributed by atoms with E-state index in [1.807, 2.05) is 0 Å². The zero-order chi connectivity index (χ0) is 44.2. The van der Waals surface area contributed by atoms with E-state index in [2.05, 4.69) is 261 Å². The zero-order valence-electron chi connectivity index (χ0n) is 37.3. The number of hydrogen-bond donors (Lipinski definition) is 0. The molecule has 12 rings (SSSR count). The van der Waals surface area contributed by atoms with Crippen LogP contribution in [0.1, 0.15) is 47.6 Å². The maximum absolute atomic E-state index is 2.43. The van der Waals surface area contributed by atoms with Crippen molar-refractivity contribution in [2.45, 2.75) is 31.6 Å². The molecule has 0 spiro atoms. The van der Waals surface area contributed by atoms with Crippen LogP contribution in [-0.2, 0) is 11.8 Å². The van der Waals surface area contributed by atoms with E-state index in [1.165, 1.54) is 94.6 Å². The minimum atomic E-state index is -0.117. The van der Waals surface area contributed by atoms with Crippen molar-refractivity contribution < 1.29 is 0 Å². The van der Waals surface area contributed by atoms with Gasteiger partial charge >= 0.3 is 0 Å². The van der Waals surface area contributed by atoms with Crippen molar-refractivity contribution in [2.75, 3.05) is 4.90 Å². The molecule has 0 heterocycles. The highest BCUT2D eigenvalue weighted by Crippen LogP contribution is 2.53. The number of rotatable bonds is 8. The first-order chi connectivity index (χ1) is 32.5. The second-order valence-electron chi connectivity index (χ2n) is 18.4. The van der Waals surface area contributed by atoms with Gasteiger partial charge in [-0.25, -0.2) is 0 Å². The van der Waals surface area contributed by atoms with Gasteiger partial charge in [-0.2, -0.15) is 0 Å². The van der Waals surface area contributed by atoms with Gasteiger partial charge in [-0.15, -0.1) is 0 Å². The van der Waals surface area contributed by atoms with Crippen LogP contribution in [0.4, 0.5) is 17.1 Å². The van der Waals surface area contributed by atoms with Crippen LogP contribution < -0.4 is 4.90 Å².